The Hall–Kier alpha value is -1.69. The molecule has 6 heteroatoms. The second-order valence-corrected chi connectivity index (χ2v) is 8.98. The lowest BCUT2D eigenvalue weighted by molar-refractivity contribution is -0.137. The van der Waals surface area contributed by atoms with Gasteiger partial charge in [-0.1, -0.05) is 26.7 Å². The summed E-state index contributed by atoms with van der Waals surface area (Å²) in [5, 5.41) is 10.1. The molecule has 150 valence electrons. The summed E-state index contributed by atoms with van der Waals surface area (Å²) in [6.45, 7) is 8.78. The molecule has 3 rings (SSSR count). The summed E-state index contributed by atoms with van der Waals surface area (Å²) in [6.07, 6.45) is 7.04. The van der Waals surface area contributed by atoms with E-state index < -0.39 is 0 Å². The number of aliphatic hydroxyl groups excluding tert-OH is 1. The van der Waals surface area contributed by atoms with Gasteiger partial charge in [-0.05, 0) is 18.3 Å². The third-order valence-corrected chi connectivity index (χ3v) is 6.05. The Bertz CT molecular complexity index is 625. The van der Waals surface area contributed by atoms with E-state index in [-0.39, 0.29) is 22.9 Å². The van der Waals surface area contributed by atoms with Gasteiger partial charge >= 0.3 is 0 Å². The summed E-state index contributed by atoms with van der Waals surface area (Å²) < 4.78 is 0. The van der Waals surface area contributed by atoms with Crippen molar-refractivity contribution in [2.75, 3.05) is 39.3 Å². The van der Waals surface area contributed by atoms with Crippen LogP contribution in [0.4, 0.5) is 0 Å². The number of carbonyl (C=O) groups excluding carboxylic acids is 2. The summed E-state index contributed by atoms with van der Waals surface area (Å²) in [5.41, 5.74) is 0.204. The Labute approximate surface area is 162 Å². The molecular formula is C21H33N3O3. The second kappa shape index (κ2) is 8.55. The van der Waals surface area contributed by atoms with Gasteiger partial charge in [0, 0.05) is 57.7 Å². The van der Waals surface area contributed by atoms with Gasteiger partial charge in [-0.25, -0.2) is 0 Å². The average Bonchev–Trinajstić information content (AvgIpc) is 3.14. The van der Waals surface area contributed by atoms with E-state index in [2.05, 4.69) is 9.89 Å². The standard InChI is InChI=1S/C21H33N3O3/c1-21(2)13-18(25)17(19(26)14-21)15-22-7-8-23-9-11-24(12-10-23)20(27)16-5-3-4-6-16/h15-16,25H,3-14H2,1-2H3. The van der Waals surface area contributed by atoms with Crippen LogP contribution in [0.15, 0.2) is 16.3 Å². The van der Waals surface area contributed by atoms with E-state index in [0.29, 0.717) is 30.9 Å². The van der Waals surface area contributed by atoms with E-state index in [4.69, 9.17) is 0 Å². The number of allylic oxidation sites excluding steroid dienone is 2. The number of aliphatic hydroxyl groups is 1. The van der Waals surface area contributed by atoms with Crippen LogP contribution in [-0.4, -0.2) is 72.1 Å². The van der Waals surface area contributed by atoms with E-state index in [1.807, 2.05) is 18.7 Å². The lowest BCUT2D eigenvalue weighted by atomic mass is 9.77. The van der Waals surface area contributed by atoms with Gasteiger partial charge in [0.05, 0.1) is 12.1 Å². The molecule has 1 saturated heterocycles. The van der Waals surface area contributed by atoms with E-state index in [1.165, 1.54) is 12.8 Å². The third kappa shape index (κ3) is 5.18. The number of amides is 1. The first kappa shape index (κ1) is 20.1. The van der Waals surface area contributed by atoms with Gasteiger partial charge in [0.1, 0.15) is 5.76 Å². The van der Waals surface area contributed by atoms with Gasteiger partial charge in [-0.3, -0.25) is 19.5 Å². The minimum Gasteiger partial charge on any atom is -0.511 e. The molecule has 0 aromatic rings. The Morgan fingerprint density at radius 2 is 1.85 bits per heavy atom. The van der Waals surface area contributed by atoms with Gasteiger partial charge in [0.15, 0.2) is 5.78 Å². The van der Waals surface area contributed by atoms with E-state index in [1.54, 1.807) is 6.21 Å². The normalized spacial score (nSPS) is 25.0. The van der Waals surface area contributed by atoms with Gasteiger partial charge in [0.25, 0.3) is 0 Å². The minimum absolute atomic E-state index is 0.0217. The fraction of sp³-hybridized carbons (Fsp3) is 0.762. The number of aliphatic imine (C=N–C) groups is 1. The van der Waals surface area contributed by atoms with Crippen LogP contribution in [0.5, 0.6) is 0 Å². The molecule has 1 aliphatic heterocycles. The molecular weight excluding hydrogens is 342 g/mol. The first-order valence-corrected chi connectivity index (χ1v) is 10.3. The molecule has 0 bridgehead atoms. The predicted octanol–water partition coefficient (Wildman–Crippen LogP) is 2.59. The van der Waals surface area contributed by atoms with Crippen LogP contribution in [0, 0.1) is 11.3 Å². The molecule has 1 N–H and O–H groups in total. The Morgan fingerprint density at radius 3 is 2.48 bits per heavy atom. The van der Waals surface area contributed by atoms with Gasteiger partial charge in [-0.2, -0.15) is 0 Å². The van der Waals surface area contributed by atoms with Crippen LogP contribution < -0.4 is 0 Å². The third-order valence-electron chi connectivity index (χ3n) is 6.05. The highest BCUT2D eigenvalue weighted by Crippen LogP contribution is 2.35. The topological polar surface area (TPSA) is 73.2 Å². The second-order valence-electron chi connectivity index (χ2n) is 8.98. The molecule has 2 aliphatic carbocycles. The molecule has 27 heavy (non-hydrogen) atoms. The van der Waals surface area contributed by atoms with Crippen LogP contribution in [0.2, 0.25) is 0 Å². The zero-order valence-corrected chi connectivity index (χ0v) is 16.7. The maximum absolute atomic E-state index is 12.5. The fourth-order valence-electron chi connectivity index (χ4n) is 4.43. The van der Waals surface area contributed by atoms with E-state index >= 15 is 0 Å². The van der Waals surface area contributed by atoms with Crippen LogP contribution in [0.3, 0.4) is 0 Å². The lowest BCUT2D eigenvalue weighted by Crippen LogP contribution is -2.50. The Balaban J connectivity index is 1.41. The molecule has 0 spiro atoms. The number of ketones is 1. The zero-order chi connectivity index (χ0) is 19.4. The number of hydrogen-bond acceptors (Lipinski definition) is 5. The monoisotopic (exact) mass is 375 g/mol. The molecule has 0 atom stereocenters. The van der Waals surface area contributed by atoms with Crippen molar-refractivity contribution in [2.45, 2.75) is 52.4 Å². The van der Waals surface area contributed by atoms with E-state index in [9.17, 15) is 14.7 Å². The number of Topliss-reactive ketones (excluding diaryl/α,β-unsaturated/α-hetero) is 1. The Kier molecular flexibility index (Phi) is 6.35. The molecule has 6 nitrogen and oxygen atoms in total. The molecule has 3 aliphatic rings. The van der Waals surface area contributed by atoms with Crippen molar-refractivity contribution in [2.24, 2.45) is 16.3 Å². The molecule has 0 radical (unpaired) electrons. The summed E-state index contributed by atoms with van der Waals surface area (Å²) >= 11 is 0. The smallest absolute Gasteiger partial charge is 0.225 e. The van der Waals surface area contributed by atoms with Gasteiger partial charge in [-0.15, -0.1) is 0 Å². The number of carbonyl (C=O) groups is 2. The first-order valence-electron chi connectivity index (χ1n) is 10.3. The van der Waals surface area contributed by atoms with Crippen molar-refractivity contribution in [1.82, 2.24) is 9.80 Å². The highest BCUT2D eigenvalue weighted by atomic mass is 16.3. The lowest BCUT2D eigenvalue weighted by Gasteiger charge is -2.35. The average molecular weight is 376 g/mol. The molecule has 0 aromatic carbocycles. The Morgan fingerprint density at radius 1 is 1.19 bits per heavy atom. The number of rotatable bonds is 5. The summed E-state index contributed by atoms with van der Waals surface area (Å²) in [4.78, 5) is 33.4. The molecule has 1 saturated carbocycles. The SMILES string of the molecule is CC1(C)CC(=O)C(C=NCCN2CCN(C(=O)C3CCCC3)CC2)=C(O)C1. The highest BCUT2D eigenvalue weighted by Gasteiger charge is 2.32. The molecule has 0 aromatic heterocycles. The fourth-order valence-corrected chi connectivity index (χ4v) is 4.43. The quantitative estimate of drug-likeness (QED) is 0.750. The molecule has 1 heterocycles. The van der Waals surface area contributed by atoms with E-state index in [0.717, 1.165) is 45.6 Å². The van der Waals surface area contributed by atoms with Gasteiger partial charge in [0.2, 0.25) is 5.91 Å². The molecule has 0 unspecified atom stereocenters. The van der Waals surface area contributed by atoms with Crippen molar-refractivity contribution < 1.29 is 14.7 Å². The molecule has 2 fully saturated rings. The maximum atomic E-state index is 12.5. The minimum atomic E-state index is -0.173. The number of hydrogen-bond donors (Lipinski definition) is 1. The van der Waals surface area contributed by atoms with Crippen LogP contribution in [0.1, 0.15) is 52.4 Å². The summed E-state index contributed by atoms with van der Waals surface area (Å²) in [7, 11) is 0. The van der Waals surface area contributed by atoms with Crippen molar-refractivity contribution in [3.8, 4) is 0 Å². The van der Waals surface area contributed by atoms with Crippen molar-refractivity contribution in [3.05, 3.63) is 11.3 Å². The summed E-state index contributed by atoms with van der Waals surface area (Å²) in [6, 6.07) is 0. The van der Waals surface area contributed by atoms with Crippen molar-refractivity contribution in [1.29, 1.82) is 0 Å². The van der Waals surface area contributed by atoms with Crippen LogP contribution in [-0.2, 0) is 9.59 Å². The zero-order valence-electron chi connectivity index (χ0n) is 16.7. The largest absolute Gasteiger partial charge is 0.511 e. The molecule has 1 amide bonds. The van der Waals surface area contributed by atoms with Crippen molar-refractivity contribution >= 4 is 17.9 Å². The number of nitrogens with zero attached hydrogens (tertiary/aromatic N) is 3. The summed E-state index contributed by atoms with van der Waals surface area (Å²) in [5.74, 6) is 0.761. The predicted molar refractivity (Wildman–Crippen MR) is 106 cm³/mol. The maximum Gasteiger partial charge on any atom is 0.225 e. The van der Waals surface area contributed by atoms with Crippen LogP contribution in [0.25, 0.3) is 0 Å². The number of piperazine rings is 1. The van der Waals surface area contributed by atoms with Gasteiger partial charge < -0.3 is 10.0 Å². The first-order chi connectivity index (χ1) is 12.9. The van der Waals surface area contributed by atoms with Crippen molar-refractivity contribution in [3.63, 3.8) is 0 Å². The highest BCUT2D eigenvalue weighted by molar-refractivity contribution is 6.14. The van der Waals surface area contributed by atoms with Crippen LogP contribution >= 0.6 is 0 Å².